The number of Topliss-reactive ketones (excluding diaryl/α,β-unsaturated/α-hetero) is 1. The van der Waals surface area contributed by atoms with E-state index in [9.17, 15) is 9.59 Å². The Morgan fingerprint density at radius 3 is 2.56 bits per heavy atom. The van der Waals surface area contributed by atoms with Crippen LogP contribution < -0.4 is 10.3 Å². The second-order valence-corrected chi connectivity index (χ2v) is 9.69. The Labute approximate surface area is 202 Å². The molecule has 0 bridgehead atoms. The van der Waals surface area contributed by atoms with Gasteiger partial charge in [-0.25, -0.2) is 4.98 Å². The topological polar surface area (TPSA) is 66.1 Å². The van der Waals surface area contributed by atoms with Crippen LogP contribution in [-0.2, 0) is 6.54 Å². The van der Waals surface area contributed by atoms with Gasteiger partial charge in [-0.3, -0.25) is 14.2 Å². The smallest absolute Gasteiger partial charge is 0.262 e. The molecule has 6 nitrogen and oxygen atoms in total. The molecule has 0 unspecified atom stereocenters. The number of carbonyl (C=O) groups is 1. The van der Waals surface area contributed by atoms with Crippen molar-refractivity contribution in [3.8, 4) is 5.75 Å². The Balaban J connectivity index is 1.46. The number of rotatable bonds is 8. The summed E-state index contributed by atoms with van der Waals surface area (Å²) in [5.41, 5.74) is 4.42. The summed E-state index contributed by atoms with van der Waals surface area (Å²) >= 11 is 1.32. The second kappa shape index (κ2) is 9.14. The summed E-state index contributed by atoms with van der Waals surface area (Å²) < 4.78 is 9.19. The number of aryl methyl sites for hydroxylation is 1. The first-order valence-electron chi connectivity index (χ1n) is 11.4. The number of ketones is 1. The summed E-state index contributed by atoms with van der Waals surface area (Å²) in [5, 5.41) is 1.11. The summed E-state index contributed by atoms with van der Waals surface area (Å²) in [7, 11) is 1.63. The van der Waals surface area contributed by atoms with E-state index in [4.69, 9.17) is 9.72 Å². The zero-order valence-electron chi connectivity index (χ0n) is 19.6. The number of benzene rings is 2. The number of para-hydroxylation sites is 1. The lowest BCUT2D eigenvalue weighted by Crippen LogP contribution is -2.24. The van der Waals surface area contributed by atoms with Gasteiger partial charge < -0.3 is 9.30 Å². The van der Waals surface area contributed by atoms with Gasteiger partial charge in [-0.15, -0.1) is 0 Å². The Morgan fingerprint density at radius 2 is 1.85 bits per heavy atom. The monoisotopic (exact) mass is 473 g/mol. The lowest BCUT2D eigenvalue weighted by Gasteiger charge is -2.13. The van der Waals surface area contributed by atoms with Crippen molar-refractivity contribution >= 4 is 28.4 Å². The Hall–Kier alpha value is -3.32. The van der Waals surface area contributed by atoms with Gasteiger partial charge in [-0.2, -0.15) is 0 Å². The van der Waals surface area contributed by atoms with E-state index in [0.29, 0.717) is 28.6 Å². The number of hydrogen-bond donors (Lipinski definition) is 0. The second-order valence-electron chi connectivity index (χ2n) is 8.75. The van der Waals surface area contributed by atoms with Gasteiger partial charge >= 0.3 is 0 Å². The molecule has 0 spiro atoms. The highest BCUT2D eigenvalue weighted by Gasteiger charge is 2.28. The predicted octanol–water partition coefficient (Wildman–Crippen LogP) is 5.18. The zero-order valence-corrected chi connectivity index (χ0v) is 20.4. The molecule has 0 radical (unpaired) electrons. The van der Waals surface area contributed by atoms with Crippen molar-refractivity contribution in [2.24, 2.45) is 0 Å². The predicted molar refractivity (Wildman–Crippen MR) is 135 cm³/mol. The van der Waals surface area contributed by atoms with Crippen molar-refractivity contribution < 1.29 is 9.53 Å². The van der Waals surface area contributed by atoms with Crippen molar-refractivity contribution in [2.45, 2.75) is 44.4 Å². The van der Waals surface area contributed by atoms with E-state index in [0.717, 1.165) is 28.3 Å². The first kappa shape index (κ1) is 22.5. The van der Waals surface area contributed by atoms with E-state index in [1.54, 1.807) is 17.7 Å². The molecule has 0 N–H and O–H groups in total. The van der Waals surface area contributed by atoms with Crippen LogP contribution in [0.25, 0.3) is 10.9 Å². The highest BCUT2D eigenvalue weighted by atomic mass is 32.2. The maximum absolute atomic E-state index is 13.4. The third-order valence-electron chi connectivity index (χ3n) is 6.36. The Kier molecular flexibility index (Phi) is 6.04. The molecule has 1 saturated carbocycles. The molecule has 1 aliphatic rings. The molecular formula is C27H27N3O3S. The number of thioether (sulfide) groups is 1. The maximum Gasteiger partial charge on any atom is 0.262 e. The molecular weight excluding hydrogens is 446 g/mol. The number of nitrogens with zero attached hydrogens (tertiary/aromatic N) is 3. The normalized spacial score (nSPS) is 13.4. The third-order valence-corrected chi connectivity index (χ3v) is 7.33. The number of methoxy groups -OCH3 is 1. The molecule has 34 heavy (non-hydrogen) atoms. The molecule has 7 heteroatoms. The van der Waals surface area contributed by atoms with E-state index >= 15 is 0 Å². The van der Waals surface area contributed by atoms with E-state index in [-0.39, 0.29) is 17.1 Å². The van der Waals surface area contributed by atoms with E-state index in [1.165, 1.54) is 24.6 Å². The molecule has 174 valence electrons. The number of fused-ring (bicyclic) bond motifs is 1. The minimum atomic E-state index is -0.108. The number of ether oxygens (including phenoxy) is 1. The number of aromatic nitrogens is 3. The largest absolute Gasteiger partial charge is 0.497 e. The fourth-order valence-electron chi connectivity index (χ4n) is 4.47. The van der Waals surface area contributed by atoms with E-state index in [1.807, 2.05) is 55.5 Å². The summed E-state index contributed by atoms with van der Waals surface area (Å²) in [5.74, 6) is 1.04. The van der Waals surface area contributed by atoms with Gasteiger partial charge in [0.1, 0.15) is 5.75 Å². The van der Waals surface area contributed by atoms with Crippen LogP contribution >= 0.6 is 11.8 Å². The molecule has 2 aromatic carbocycles. The van der Waals surface area contributed by atoms with Crippen molar-refractivity contribution in [1.82, 2.24) is 14.1 Å². The molecule has 0 aliphatic heterocycles. The van der Waals surface area contributed by atoms with Gasteiger partial charge in [0.25, 0.3) is 5.56 Å². The summed E-state index contributed by atoms with van der Waals surface area (Å²) in [6.45, 7) is 4.46. The van der Waals surface area contributed by atoms with Crippen LogP contribution in [0, 0.1) is 13.8 Å². The lowest BCUT2D eigenvalue weighted by molar-refractivity contribution is 0.102. The van der Waals surface area contributed by atoms with Crippen LogP contribution in [0.15, 0.2) is 64.5 Å². The van der Waals surface area contributed by atoms with Crippen molar-refractivity contribution in [2.75, 3.05) is 12.9 Å². The minimum Gasteiger partial charge on any atom is -0.497 e. The van der Waals surface area contributed by atoms with Gasteiger partial charge in [0.2, 0.25) is 0 Å². The Morgan fingerprint density at radius 1 is 1.12 bits per heavy atom. The quantitative estimate of drug-likeness (QED) is 0.200. The van der Waals surface area contributed by atoms with Crippen LogP contribution in [0.1, 0.15) is 46.2 Å². The maximum atomic E-state index is 13.4. The molecule has 0 amide bonds. The zero-order chi connectivity index (χ0) is 23.8. The van der Waals surface area contributed by atoms with Crippen molar-refractivity contribution in [3.05, 3.63) is 87.5 Å². The van der Waals surface area contributed by atoms with Crippen molar-refractivity contribution in [3.63, 3.8) is 0 Å². The van der Waals surface area contributed by atoms with Crippen LogP contribution in [0.5, 0.6) is 5.75 Å². The van der Waals surface area contributed by atoms with Crippen LogP contribution in [0.2, 0.25) is 0 Å². The third kappa shape index (κ3) is 4.28. The highest BCUT2D eigenvalue weighted by molar-refractivity contribution is 7.99. The van der Waals surface area contributed by atoms with E-state index in [2.05, 4.69) is 11.5 Å². The highest BCUT2D eigenvalue weighted by Crippen LogP contribution is 2.38. The summed E-state index contributed by atoms with van der Waals surface area (Å²) in [4.78, 5) is 31.3. The molecule has 5 rings (SSSR count). The van der Waals surface area contributed by atoms with Crippen molar-refractivity contribution in [1.29, 1.82) is 0 Å². The summed E-state index contributed by atoms with van der Waals surface area (Å²) in [6, 6.07) is 17.5. The molecule has 2 heterocycles. The number of carbonyl (C=O) groups excluding carboxylic acids is 1. The average molecular weight is 474 g/mol. The van der Waals surface area contributed by atoms with Gasteiger partial charge in [-0.1, -0.05) is 36.0 Å². The van der Waals surface area contributed by atoms with Gasteiger partial charge in [0.05, 0.1) is 30.3 Å². The average Bonchev–Trinajstić information content (AvgIpc) is 3.63. The van der Waals surface area contributed by atoms with Crippen LogP contribution in [-0.4, -0.2) is 32.8 Å². The standard InChI is InChI=1S/C27H27N3O3S/c1-17-14-23(18(2)30(17)20-10-11-20)25(31)16-34-27-28-24-7-5-4-6-22(24)26(32)29(27)15-19-8-12-21(33-3)13-9-19/h4-9,12-14,20H,10-11,15-16H2,1-3H3. The SMILES string of the molecule is COc1ccc(Cn2c(SCC(=O)c3cc(C)n(C4CC4)c3C)nc3ccccc3c2=O)cc1. The number of hydrogen-bond acceptors (Lipinski definition) is 5. The first-order valence-corrected chi connectivity index (χ1v) is 12.4. The van der Waals surface area contributed by atoms with E-state index < -0.39 is 0 Å². The molecule has 0 saturated heterocycles. The lowest BCUT2D eigenvalue weighted by atomic mass is 10.2. The molecule has 4 aromatic rings. The molecule has 1 aliphatic carbocycles. The summed E-state index contributed by atoms with van der Waals surface area (Å²) in [6.07, 6.45) is 2.36. The molecule has 2 aromatic heterocycles. The van der Waals surface area contributed by atoms with Gasteiger partial charge in [0, 0.05) is 23.0 Å². The Bertz CT molecular complexity index is 1430. The van der Waals surface area contributed by atoms with Crippen LogP contribution in [0.3, 0.4) is 0 Å². The van der Waals surface area contributed by atoms with Crippen LogP contribution in [0.4, 0.5) is 0 Å². The fourth-order valence-corrected chi connectivity index (χ4v) is 5.35. The minimum absolute atomic E-state index is 0.0587. The molecule has 1 fully saturated rings. The van der Waals surface area contributed by atoms with Gasteiger partial charge in [-0.05, 0) is 62.6 Å². The fraction of sp³-hybridized carbons (Fsp3) is 0.296. The first-order chi connectivity index (χ1) is 16.5. The molecule has 0 atom stereocenters. The van der Waals surface area contributed by atoms with Gasteiger partial charge in [0.15, 0.2) is 10.9 Å².